The maximum absolute atomic E-state index is 13.6. The first-order valence-electron chi connectivity index (χ1n) is 9.69. The standard InChI is InChI=1S/C21H31NO5S/c1-19(2,27-15-25-14-13-24-5)21(28-16-9-7-6-8-10-16)17-11-12-26-20(3,4)22(17)18(21)23/h6-10,17H,11-15H2,1-5H3. The number of carbonyl (C=O) groups excluding carboxylic acids is 1. The molecule has 0 radical (unpaired) electrons. The van der Waals surface area contributed by atoms with Crippen LogP contribution >= 0.6 is 11.8 Å². The Kier molecular flexibility index (Phi) is 6.41. The molecule has 7 heteroatoms. The zero-order valence-corrected chi connectivity index (χ0v) is 18.2. The quantitative estimate of drug-likeness (QED) is 0.354. The fourth-order valence-corrected chi connectivity index (χ4v) is 5.60. The van der Waals surface area contributed by atoms with Gasteiger partial charge < -0.3 is 23.8 Å². The molecule has 2 saturated heterocycles. The van der Waals surface area contributed by atoms with E-state index in [1.807, 2.05) is 62.9 Å². The van der Waals surface area contributed by atoms with E-state index in [4.69, 9.17) is 18.9 Å². The average Bonchev–Trinajstić information content (AvgIpc) is 2.65. The van der Waals surface area contributed by atoms with Crippen molar-refractivity contribution in [1.82, 2.24) is 4.90 Å². The minimum atomic E-state index is -0.736. The maximum Gasteiger partial charge on any atom is 0.246 e. The monoisotopic (exact) mass is 409 g/mol. The van der Waals surface area contributed by atoms with Gasteiger partial charge >= 0.3 is 0 Å². The van der Waals surface area contributed by atoms with Gasteiger partial charge in [-0.3, -0.25) is 4.79 Å². The minimum Gasteiger partial charge on any atom is -0.382 e. The molecule has 2 heterocycles. The number of amides is 1. The molecule has 0 spiro atoms. The Balaban J connectivity index is 1.86. The molecule has 2 unspecified atom stereocenters. The second kappa shape index (κ2) is 8.32. The highest BCUT2D eigenvalue weighted by atomic mass is 32.2. The van der Waals surface area contributed by atoms with Crippen LogP contribution in [0.15, 0.2) is 35.2 Å². The van der Waals surface area contributed by atoms with Crippen LogP contribution in [0.3, 0.4) is 0 Å². The predicted molar refractivity (Wildman–Crippen MR) is 108 cm³/mol. The van der Waals surface area contributed by atoms with E-state index in [2.05, 4.69) is 0 Å². The van der Waals surface area contributed by atoms with Crippen LogP contribution in [0.1, 0.15) is 34.1 Å². The summed E-state index contributed by atoms with van der Waals surface area (Å²) in [6, 6.07) is 10.1. The van der Waals surface area contributed by atoms with Crippen LogP contribution in [-0.2, 0) is 23.7 Å². The molecule has 2 aliphatic rings. The smallest absolute Gasteiger partial charge is 0.246 e. The molecule has 0 bridgehead atoms. The van der Waals surface area contributed by atoms with Crippen LogP contribution in [0.25, 0.3) is 0 Å². The van der Waals surface area contributed by atoms with E-state index in [0.717, 1.165) is 11.3 Å². The fourth-order valence-electron chi connectivity index (χ4n) is 4.09. The largest absolute Gasteiger partial charge is 0.382 e. The summed E-state index contributed by atoms with van der Waals surface area (Å²) in [4.78, 5) is 16.5. The zero-order chi connectivity index (χ0) is 20.4. The summed E-state index contributed by atoms with van der Waals surface area (Å²) in [6.45, 7) is 9.59. The Bertz CT molecular complexity index is 681. The van der Waals surface area contributed by atoms with Crippen molar-refractivity contribution in [3.8, 4) is 0 Å². The van der Waals surface area contributed by atoms with Crippen molar-refractivity contribution in [1.29, 1.82) is 0 Å². The summed E-state index contributed by atoms with van der Waals surface area (Å²) in [5.74, 6) is 0.0537. The highest BCUT2D eigenvalue weighted by Gasteiger charge is 2.72. The number of β-lactam (4-membered cyclic amide) rings is 1. The summed E-state index contributed by atoms with van der Waals surface area (Å²) in [5, 5.41) is 0. The molecular formula is C21H31NO5S. The predicted octanol–water partition coefficient (Wildman–Crippen LogP) is 3.30. The number of ether oxygens (including phenoxy) is 4. The van der Waals surface area contributed by atoms with Gasteiger partial charge in [-0.1, -0.05) is 18.2 Å². The topological polar surface area (TPSA) is 57.2 Å². The maximum atomic E-state index is 13.6. The van der Waals surface area contributed by atoms with Crippen molar-refractivity contribution in [2.24, 2.45) is 0 Å². The lowest BCUT2D eigenvalue weighted by molar-refractivity contribution is -0.250. The van der Waals surface area contributed by atoms with Crippen molar-refractivity contribution in [2.45, 2.75) is 61.1 Å². The number of nitrogens with zero attached hydrogens (tertiary/aromatic N) is 1. The third-order valence-electron chi connectivity index (χ3n) is 5.60. The van der Waals surface area contributed by atoms with Gasteiger partial charge in [-0.2, -0.15) is 0 Å². The van der Waals surface area contributed by atoms with E-state index in [9.17, 15) is 4.79 Å². The van der Waals surface area contributed by atoms with Crippen molar-refractivity contribution >= 4 is 17.7 Å². The molecule has 0 saturated carbocycles. The summed E-state index contributed by atoms with van der Waals surface area (Å²) >= 11 is 1.60. The molecule has 156 valence electrons. The molecule has 3 rings (SSSR count). The molecule has 0 aromatic heterocycles. The van der Waals surface area contributed by atoms with Crippen LogP contribution in [-0.4, -0.2) is 66.6 Å². The molecule has 2 atom stereocenters. The van der Waals surface area contributed by atoms with Gasteiger partial charge in [-0.15, -0.1) is 11.8 Å². The number of carbonyl (C=O) groups is 1. The normalized spacial score (nSPS) is 26.7. The molecule has 0 N–H and O–H groups in total. The van der Waals surface area contributed by atoms with Crippen molar-refractivity contribution < 1.29 is 23.7 Å². The second-order valence-corrected chi connectivity index (χ2v) is 9.42. The van der Waals surface area contributed by atoms with Gasteiger partial charge in [0.15, 0.2) is 0 Å². The number of thioether (sulfide) groups is 1. The number of hydrogen-bond acceptors (Lipinski definition) is 6. The van der Waals surface area contributed by atoms with Crippen molar-refractivity contribution in [2.75, 3.05) is 33.7 Å². The highest BCUT2D eigenvalue weighted by Crippen LogP contribution is 2.58. The Morgan fingerprint density at radius 3 is 2.64 bits per heavy atom. The fraction of sp³-hybridized carbons (Fsp3) is 0.667. The Morgan fingerprint density at radius 1 is 1.25 bits per heavy atom. The first kappa shape index (κ1) is 21.6. The van der Waals surface area contributed by atoms with E-state index in [0.29, 0.717) is 19.8 Å². The average molecular weight is 410 g/mol. The van der Waals surface area contributed by atoms with E-state index in [1.165, 1.54) is 0 Å². The van der Waals surface area contributed by atoms with Crippen LogP contribution < -0.4 is 0 Å². The first-order valence-corrected chi connectivity index (χ1v) is 10.5. The highest BCUT2D eigenvalue weighted by molar-refractivity contribution is 8.01. The van der Waals surface area contributed by atoms with Gasteiger partial charge in [0, 0.05) is 12.0 Å². The molecule has 28 heavy (non-hydrogen) atoms. The lowest BCUT2D eigenvalue weighted by Crippen LogP contribution is -2.84. The van der Waals surface area contributed by atoms with Crippen LogP contribution in [0.4, 0.5) is 0 Å². The van der Waals surface area contributed by atoms with Crippen LogP contribution in [0, 0.1) is 0 Å². The molecule has 6 nitrogen and oxygen atoms in total. The Labute approximate surface area is 171 Å². The van der Waals surface area contributed by atoms with Crippen molar-refractivity contribution in [3.63, 3.8) is 0 Å². The van der Waals surface area contributed by atoms with E-state index in [-0.39, 0.29) is 18.7 Å². The van der Waals surface area contributed by atoms with Crippen LogP contribution in [0.5, 0.6) is 0 Å². The zero-order valence-electron chi connectivity index (χ0n) is 17.4. The van der Waals surface area contributed by atoms with Gasteiger partial charge in [0.05, 0.1) is 31.5 Å². The number of methoxy groups -OCH3 is 1. The molecular weight excluding hydrogens is 378 g/mol. The lowest BCUT2D eigenvalue weighted by Gasteiger charge is -2.66. The van der Waals surface area contributed by atoms with Gasteiger partial charge in [-0.05, 0) is 46.2 Å². The number of hydrogen-bond donors (Lipinski definition) is 0. The SMILES string of the molecule is COCCOCOC(C)(C)C1(Sc2ccccc2)C(=O)N2C1CCOC2(C)C. The van der Waals surface area contributed by atoms with Gasteiger partial charge in [0.25, 0.3) is 0 Å². The van der Waals surface area contributed by atoms with E-state index >= 15 is 0 Å². The summed E-state index contributed by atoms with van der Waals surface area (Å²) in [6.07, 6.45) is 0.784. The Morgan fingerprint density at radius 2 is 1.96 bits per heavy atom. The summed E-state index contributed by atoms with van der Waals surface area (Å²) < 4.78 is 21.8. The van der Waals surface area contributed by atoms with Gasteiger partial charge in [0.2, 0.25) is 5.91 Å². The molecule has 1 aromatic rings. The third kappa shape index (κ3) is 3.71. The molecule has 0 aliphatic carbocycles. The third-order valence-corrected chi connectivity index (χ3v) is 7.36. The summed E-state index contributed by atoms with van der Waals surface area (Å²) in [5.41, 5.74) is -1.34. The molecule has 2 aliphatic heterocycles. The second-order valence-electron chi connectivity index (χ2n) is 8.10. The molecule has 2 fully saturated rings. The summed E-state index contributed by atoms with van der Waals surface area (Å²) in [7, 11) is 1.63. The number of benzene rings is 1. The molecule has 1 aromatic carbocycles. The molecule has 1 amide bonds. The number of fused-ring (bicyclic) bond motifs is 1. The minimum absolute atomic E-state index is 0.0305. The van der Waals surface area contributed by atoms with Gasteiger partial charge in [0.1, 0.15) is 17.3 Å². The Hall–Kier alpha value is -1.12. The lowest BCUT2D eigenvalue weighted by atomic mass is 9.71. The first-order chi connectivity index (χ1) is 13.3. The van der Waals surface area contributed by atoms with E-state index < -0.39 is 16.1 Å². The van der Waals surface area contributed by atoms with Crippen LogP contribution in [0.2, 0.25) is 0 Å². The van der Waals surface area contributed by atoms with E-state index in [1.54, 1.807) is 18.9 Å². The van der Waals surface area contributed by atoms with Crippen molar-refractivity contribution in [3.05, 3.63) is 30.3 Å². The van der Waals surface area contributed by atoms with Gasteiger partial charge in [-0.25, -0.2) is 0 Å². The number of rotatable bonds is 9.